The summed E-state index contributed by atoms with van der Waals surface area (Å²) in [5, 5.41) is 6.49. The van der Waals surface area contributed by atoms with E-state index < -0.39 is 6.04 Å². The molecule has 0 fully saturated rings. The van der Waals surface area contributed by atoms with Gasteiger partial charge in [-0.05, 0) is 25.0 Å². The number of aryl methyl sites for hydroxylation is 1. The Morgan fingerprint density at radius 3 is 2.83 bits per heavy atom. The van der Waals surface area contributed by atoms with E-state index in [9.17, 15) is 9.59 Å². The zero-order chi connectivity index (χ0) is 17.0. The average molecular weight is 352 g/mol. The molecule has 1 atom stereocenters. The number of rotatable bonds is 5. The van der Waals surface area contributed by atoms with Crippen molar-refractivity contribution < 1.29 is 9.59 Å². The lowest BCUT2D eigenvalue weighted by Gasteiger charge is -2.10. The monoisotopic (exact) mass is 351 g/mol. The lowest BCUT2D eigenvalue weighted by atomic mass is 10.1. The average Bonchev–Trinajstić information content (AvgIpc) is 2.90. The van der Waals surface area contributed by atoms with Gasteiger partial charge in [0.2, 0.25) is 11.8 Å². The first-order chi connectivity index (χ1) is 10.9. The summed E-state index contributed by atoms with van der Waals surface area (Å²) in [6, 6.07) is 5.31. The van der Waals surface area contributed by atoms with Crippen LogP contribution in [0, 0.1) is 6.92 Å². The lowest BCUT2D eigenvalue weighted by molar-refractivity contribution is -0.124. The smallest absolute Gasteiger partial charge is 0.248 e. The Hall–Kier alpha value is -1.92. The van der Waals surface area contributed by atoms with Crippen molar-refractivity contribution in [1.82, 2.24) is 10.3 Å². The topological polar surface area (TPSA) is 71.1 Å². The van der Waals surface area contributed by atoms with Crippen LogP contribution in [-0.4, -0.2) is 22.8 Å². The third kappa shape index (κ3) is 4.77. The highest BCUT2D eigenvalue weighted by molar-refractivity contribution is 7.15. The number of nitrogens with one attached hydrogen (secondary N) is 2. The number of benzene rings is 1. The normalized spacial score (nSPS) is 11.8. The van der Waals surface area contributed by atoms with Gasteiger partial charge in [0, 0.05) is 29.4 Å². The summed E-state index contributed by atoms with van der Waals surface area (Å²) in [4.78, 5) is 28.1. The fraction of sp³-hybridized carbons (Fsp3) is 0.312. The Kier molecular flexibility index (Phi) is 5.74. The molecule has 0 aliphatic rings. The Bertz CT molecular complexity index is 730. The van der Waals surface area contributed by atoms with Crippen LogP contribution in [0.5, 0.6) is 0 Å². The number of anilines is 1. The molecule has 2 amide bonds. The van der Waals surface area contributed by atoms with Gasteiger partial charge in [-0.3, -0.25) is 9.59 Å². The van der Waals surface area contributed by atoms with Crippen LogP contribution in [-0.2, 0) is 16.0 Å². The summed E-state index contributed by atoms with van der Waals surface area (Å²) in [5.74, 6) is -0.545. The first kappa shape index (κ1) is 17.4. The van der Waals surface area contributed by atoms with Crippen molar-refractivity contribution >= 4 is 39.9 Å². The molecule has 1 aromatic carbocycles. The molecule has 0 saturated heterocycles. The molecule has 0 unspecified atom stereocenters. The number of halogens is 1. The Morgan fingerprint density at radius 1 is 1.39 bits per heavy atom. The maximum atomic E-state index is 11.9. The molecule has 0 radical (unpaired) electrons. The summed E-state index contributed by atoms with van der Waals surface area (Å²) in [6.45, 7) is 4.96. The van der Waals surface area contributed by atoms with Gasteiger partial charge in [0.05, 0.1) is 0 Å². The maximum absolute atomic E-state index is 11.9. The summed E-state index contributed by atoms with van der Waals surface area (Å²) in [6.07, 6.45) is 2.39. The SMILES string of the molecule is CC(=O)N[C@H](C)C(=O)Nc1ncc(Cc2cccc(C)c2Cl)s1. The van der Waals surface area contributed by atoms with E-state index in [0.717, 1.165) is 21.0 Å². The van der Waals surface area contributed by atoms with Crippen LogP contribution < -0.4 is 10.6 Å². The highest BCUT2D eigenvalue weighted by atomic mass is 35.5. The van der Waals surface area contributed by atoms with Gasteiger partial charge < -0.3 is 10.6 Å². The molecule has 0 bridgehead atoms. The van der Waals surface area contributed by atoms with E-state index in [0.29, 0.717) is 11.6 Å². The van der Waals surface area contributed by atoms with Crippen molar-refractivity contribution in [1.29, 1.82) is 0 Å². The second-order valence-electron chi connectivity index (χ2n) is 5.27. The number of hydrogen-bond donors (Lipinski definition) is 2. The van der Waals surface area contributed by atoms with Gasteiger partial charge in [0.25, 0.3) is 0 Å². The van der Waals surface area contributed by atoms with Crippen LogP contribution in [0.25, 0.3) is 0 Å². The predicted octanol–water partition coefficient (Wildman–Crippen LogP) is 3.16. The molecule has 0 spiro atoms. The fourth-order valence-corrected chi connectivity index (χ4v) is 3.09. The molecule has 1 aromatic heterocycles. The van der Waals surface area contributed by atoms with Gasteiger partial charge in [-0.2, -0.15) is 0 Å². The Morgan fingerprint density at radius 2 is 2.13 bits per heavy atom. The van der Waals surface area contributed by atoms with Crippen molar-refractivity contribution in [2.75, 3.05) is 5.32 Å². The second kappa shape index (κ2) is 7.57. The standard InChI is InChI=1S/C16H18ClN3O2S/c1-9-5-4-6-12(14(9)17)7-13-8-18-16(23-13)20-15(22)10(2)19-11(3)21/h4-6,8,10H,7H2,1-3H3,(H,19,21)(H,18,20,22)/t10-/m1/s1. The third-order valence-corrected chi connectivity index (χ3v) is 4.69. The first-order valence-corrected chi connectivity index (χ1v) is 8.33. The molecule has 0 aliphatic heterocycles. The number of amides is 2. The van der Waals surface area contributed by atoms with E-state index in [1.807, 2.05) is 25.1 Å². The molecule has 0 aliphatic carbocycles. The zero-order valence-corrected chi connectivity index (χ0v) is 14.7. The number of nitrogens with zero attached hydrogens (tertiary/aromatic N) is 1. The summed E-state index contributed by atoms with van der Waals surface area (Å²) < 4.78 is 0. The first-order valence-electron chi connectivity index (χ1n) is 7.13. The van der Waals surface area contributed by atoms with Gasteiger partial charge >= 0.3 is 0 Å². The molecule has 2 rings (SSSR count). The molecule has 2 N–H and O–H groups in total. The quantitative estimate of drug-likeness (QED) is 0.869. The fourth-order valence-electron chi connectivity index (χ4n) is 2.06. The molecular weight excluding hydrogens is 334 g/mol. The minimum atomic E-state index is -0.605. The number of hydrogen-bond acceptors (Lipinski definition) is 4. The second-order valence-corrected chi connectivity index (χ2v) is 6.76. The van der Waals surface area contributed by atoms with E-state index in [4.69, 9.17) is 11.6 Å². The summed E-state index contributed by atoms with van der Waals surface area (Å²) in [5.41, 5.74) is 2.06. The van der Waals surface area contributed by atoms with Crippen LogP contribution in [0.4, 0.5) is 5.13 Å². The Balaban J connectivity index is 2.02. The van der Waals surface area contributed by atoms with Gasteiger partial charge in [-0.1, -0.05) is 29.8 Å². The third-order valence-electron chi connectivity index (χ3n) is 3.23. The predicted molar refractivity (Wildman–Crippen MR) is 93.0 cm³/mol. The van der Waals surface area contributed by atoms with Gasteiger partial charge in [0.15, 0.2) is 5.13 Å². The number of aromatic nitrogens is 1. The number of carbonyl (C=O) groups is 2. The van der Waals surface area contributed by atoms with E-state index in [-0.39, 0.29) is 11.8 Å². The van der Waals surface area contributed by atoms with Gasteiger partial charge in [-0.15, -0.1) is 11.3 Å². The van der Waals surface area contributed by atoms with E-state index in [1.165, 1.54) is 18.3 Å². The van der Waals surface area contributed by atoms with Crippen LogP contribution >= 0.6 is 22.9 Å². The minimum Gasteiger partial charge on any atom is -0.345 e. The summed E-state index contributed by atoms with van der Waals surface area (Å²) >= 11 is 7.69. The zero-order valence-electron chi connectivity index (χ0n) is 13.1. The molecule has 2 aromatic rings. The van der Waals surface area contributed by atoms with Crippen LogP contribution in [0.2, 0.25) is 5.02 Å². The molecule has 0 saturated carbocycles. The van der Waals surface area contributed by atoms with E-state index in [2.05, 4.69) is 15.6 Å². The molecular formula is C16H18ClN3O2S. The molecule has 1 heterocycles. The molecule has 23 heavy (non-hydrogen) atoms. The molecule has 7 heteroatoms. The van der Waals surface area contributed by atoms with Crippen LogP contribution in [0.15, 0.2) is 24.4 Å². The minimum absolute atomic E-state index is 0.249. The molecule has 122 valence electrons. The highest BCUT2D eigenvalue weighted by Crippen LogP contribution is 2.26. The van der Waals surface area contributed by atoms with Crippen molar-refractivity contribution in [2.45, 2.75) is 33.2 Å². The largest absolute Gasteiger partial charge is 0.345 e. The van der Waals surface area contributed by atoms with Gasteiger partial charge in [-0.25, -0.2) is 4.98 Å². The number of carbonyl (C=O) groups excluding carboxylic acids is 2. The van der Waals surface area contributed by atoms with E-state index in [1.54, 1.807) is 13.1 Å². The van der Waals surface area contributed by atoms with Crippen molar-refractivity contribution in [3.05, 3.63) is 45.4 Å². The summed E-state index contributed by atoms with van der Waals surface area (Å²) in [7, 11) is 0. The lowest BCUT2D eigenvalue weighted by Crippen LogP contribution is -2.40. The highest BCUT2D eigenvalue weighted by Gasteiger charge is 2.15. The van der Waals surface area contributed by atoms with Crippen molar-refractivity contribution in [2.24, 2.45) is 0 Å². The Labute approximate surface area is 144 Å². The van der Waals surface area contributed by atoms with Gasteiger partial charge in [0.1, 0.15) is 6.04 Å². The molecule has 5 nitrogen and oxygen atoms in total. The van der Waals surface area contributed by atoms with E-state index >= 15 is 0 Å². The van der Waals surface area contributed by atoms with Crippen LogP contribution in [0.1, 0.15) is 29.9 Å². The number of thiazole rings is 1. The van der Waals surface area contributed by atoms with Crippen LogP contribution in [0.3, 0.4) is 0 Å². The van der Waals surface area contributed by atoms with Crippen molar-refractivity contribution in [3.63, 3.8) is 0 Å². The van der Waals surface area contributed by atoms with Crippen molar-refractivity contribution in [3.8, 4) is 0 Å². The maximum Gasteiger partial charge on any atom is 0.248 e.